The SMILES string of the molecule is COc1cc(Br)cc(/C=N/NC(=O)C(C)Sc2n[nH]c(=O)[nH]c2=O)c1O. The number of thioether (sulfide) groups is 1. The Kier molecular flexibility index (Phi) is 6.58. The fourth-order valence-corrected chi connectivity index (χ4v) is 2.95. The van der Waals surface area contributed by atoms with Crippen LogP contribution < -0.4 is 21.4 Å². The number of rotatable bonds is 6. The second-order valence-electron chi connectivity index (χ2n) is 4.85. The maximum Gasteiger partial charge on any atom is 0.342 e. The van der Waals surface area contributed by atoms with Gasteiger partial charge in [-0.15, -0.1) is 0 Å². The number of hydrazone groups is 1. The summed E-state index contributed by atoms with van der Waals surface area (Å²) in [6.07, 6.45) is 1.25. The number of nitrogens with one attached hydrogen (secondary N) is 3. The number of phenolic OH excluding ortho intramolecular Hbond substituents is 1. The molecule has 1 aromatic heterocycles. The molecule has 26 heavy (non-hydrogen) atoms. The molecule has 0 aliphatic rings. The number of aromatic amines is 2. The van der Waals surface area contributed by atoms with E-state index in [0.29, 0.717) is 10.0 Å². The third-order valence-corrected chi connectivity index (χ3v) is 4.53. The van der Waals surface area contributed by atoms with Gasteiger partial charge in [0.05, 0.1) is 18.6 Å². The number of halogens is 1. The van der Waals surface area contributed by atoms with Crippen molar-refractivity contribution in [3.8, 4) is 11.5 Å². The molecular weight excluding hydrogens is 430 g/mol. The largest absolute Gasteiger partial charge is 0.504 e. The normalized spacial score (nSPS) is 12.1. The Morgan fingerprint density at radius 1 is 1.50 bits per heavy atom. The van der Waals surface area contributed by atoms with Crippen LogP contribution in [-0.4, -0.2) is 44.8 Å². The van der Waals surface area contributed by atoms with Crippen LogP contribution >= 0.6 is 27.7 Å². The van der Waals surface area contributed by atoms with Crippen molar-refractivity contribution in [1.29, 1.82) is 0 Å². The molecule has 0 aliphatic carbocycles. The van der Waals surface area contributed by atoms with Crippen molar-refractivity contribution < 1.29 is 14.6 Å². The third-order valence-electron chi connectivity index (χ3n) is 3.01. The summed E-state index contributed by atoms with van der Waals surface area (Å²) in [5.41, 5.74) is 1.21. The fraction of sp³-hybridized carbons (Fsp3) is 0.214. The number of nitrogens with zero attached hydrogens (tertiary/aromatic N) is 2. The number of hydrogen-bond donors (Lipinski definition) is 4. The number of hydrogen-bond acceptors (Lipinski definition) is 8. The number of H-pyrrole nitrogens is 2. The third kappa shape index (κ3) is 4.95. The molecule has 0 saturated carbocycles. The predicted octanol–water partition coefficient (Wildman–Crippen LogP) is 0.566. The molecule has 10 nitrogen and oxygen atoms in total. The minimum atomic E-state index is -0.731. The second-order valence-corrected chi connectivity index (χ2v) is 7.10. The van der Waals surface area contributed by atoms with Crippen molar-refractivity contribution in [1.82, 2.24) is 20.6 Å². The molecule has 138 valence electrons. The molecule has 4 N–H and O–H groups in total. The van der Waals surface area contributed by atoms with E-state index in [1.165, 1.54) is 13.3 Å². The lowest BCUT2D eigenvalue weighted by Gasteiger charge is -2.08. The van der Waals surface area contributed by atoms with Crippen LogP contribution in [0.2, 0.25) is 0 Å². The predicted molar refractivity (Wildman–Crippen MR) is 98.9 cm³/mol. The van der Waals surface area contributed by atoms with Crippen LogP contribution in [0, 0.1) is 0 Å². The number of ether oxygens (including phenoxy) is 1. The summed E-state index contributed by atoms with van der Waals surface area (Å²) in [5.74, 6) is -0.375. The van der Waals surface area contributed by atoms with Crippen LogP contribution in [0.5, 0.6) is 11.5 Å². The van der Waals surface area contributed by atoms with E-state index in [4.69, 9.17) is 4.74 Å². The summed E-state index contributed by atoms with van der Waals surface area (Å²) in [6, 6.07) is 3.17. The summed E-state index contributed by atoms with van der Waals surface area (Å²) < 4.78 is 5.68. The maximum absolute atomic E-state index is 12.0. The Labute approximate surface area is 159 Å². The van der Waals surface area contributed by atoms with Gasteiger partial charge in [0.1, 0.15) is 0 Å². The van der Waals surface area contributed by atoms with Crippen molar-refractivity contribution in [3.05, 3.63) is 43.0 Å². The van der Waals surface area contributed by atoms with Crippen LogP contribution in [0.3, 0.4) is 0 Å². The summed E-state index contributed by atoms with van der Waals surface area (Å²) in [4.78, 5) is 36.5. The molecule has 2 rings (SSSR count). The average Bonchev–Trinajstić information content (AvgIpc) is 2.59. The number of amides is 1. The van der Waals surface area contributed by atoms with Crippen LogP contribution in [0.15, 0.2) is 36.3 Å². The van der Waals surface area contributed by atoms with Gasteiger partial charge in [-0.25, -0.2) is 15.3 Å². The molecule has 12 heteroatoms. The van der Waals surface area contributed by atoms with E-state index in [1.807, 2.05) is 4.98 Å². The summed E-state index contributed by atoms with van der Waals surface area (Å²) >= 11 is 4.13. The number of aromatic nitrogens is 3. The lowest BCUT2D eigenvalue weighted by Crippen LogP contribution is -2.30. The number of aromatic hydroxyl groups is 1. The van der Waals surface area contributed by atoms with Gasteiger partial charge < -0.3 is 9.84 Å². The first-order valence-corrected chi connectivity index (χ1v) is 8.74. The molecule has 1 atom stereocenters. The van der Waals surface area contributed by atoms with Gasteiger partial charge in [-0.3, -0.25) is 14.6 Å². The van der Waals surface area contributed by atoms with Gasteiger partial charge in [-0.2, -0.15) is 10.2 Å². The quantitative estimate of drug-likeness (QED) is 0.289. The van der Waals surface area contributed by atoms with Crippen LogP contribution in [0.25, 0.3) is 0 Å². The van der Waals surface area contributed by atoms with Crippen molar-refractivity contribution in [2.75, 3.05) is 7.11 Å². The van der Waals surface area contributed by atoms with Crippen molar-refractivity contribution in [2.24, 2.45) is 5.10 Å². The topological polar surface area (TPSA) is 150 Å². The zero-order valence-corrected chi connectivity index (χ0v) is 16.0. The minimum absolute atomic E-state index is 0.0504. The number of phenols is 1. The molecular formula is C14H14BrN5O5S. The van der Waals surface area contributed by atoms with Gasteiger partial charge in [0.2, 0.25) is 0 Å². The Morgan fingerprint density at radius 2 is 2.23 bits per heavy atom. The first-order valence-electron chi connectivity index (χ1n) is 7.07. The molecule has 1 heterocycles. The van der Waals surface area contributed by atoms with Crippen LogP contribution in [0.1, 0.15) is 12.5 Å². The molecule has 0 bridgehead atoms. The standard InChI is InChI=1S/C14H14BrN5O5S/c1-6(26-13-12(23)17-14(24)20-19-13)11(22)18-16-5-7-3-8(15)4-9(25-2)10(7)21/h3-6,21H,1-2H3,(H,18,22)(H2,17,20,23,24)/b16-5+. The first kappa shape index (κ1) is 19.7. The summed E-state index contributed by atoms with van der Waals surface area (Å²) in [6.45, 7) is 1.54. The van der Waals surface area contributed by atoms with E-state index in [0.717, 1.165) is 11.8 Å². The Bertz CT molecular complexity index is 957. The zero-order valence-electron chi connectivity index (χ0n) is 13.6. The van der Waals surface area contributed by atoms with Gasteiger partial charge in [-0.1, -0.05) is 27.7 Å². The van der Waals surface area contributed by atoms with E-state index >= 15 is 0 Å². The summed E-state index contributed by atoms with van der Waals surface area (Å²) in [5, 5.41) is 18.7. The number of benzene rings is 1. The van der Waals surface area contributed by atoms with Crippen molar-refractivity contribution in [3.63, 3.8) is 0 Å². The smallest absolute Gasteiger partial charge is 0.342 e. The van der Waals surface area contributed by atoms with E-state index in [9.17, 15) is 19.5 Å². The molecule has 0 aliphatic heterocycles. The lowest BCUT2D eigenvalue weighted by atomic mass is 10.2. The number of carbonyl (C=O) groups is 1. The average molecular weight is 444 g/mol. The number of carbonyl (C=O) groups excluding carboxylic acids is 1. The highest BCUT2D eigenvalue weighted by molar-refractivity contribution is 9.10. The molecule has 0 radical (unpaired) electrons. The van der Waals surface area contributed by atoms with E-state index in [2.05, 4.69) is 36.7 Å². The zero-order chi connectivity index (χ0) is 19.3. The summed E-state index contributed by atoms with van der Waals surface area (Å²) in [7, 11) is 1.41. The molecule has 1 amide bonds. The van der Waals surface area contributed by atoms with Gasteiger partial charge in [0.25, 0.3) is 11.5 Å². The van der Waals surface area contributed by atoms with E-state index < -0.39 is 22.4 Å². The molecule has 2 aromatic rings. The number of methoxy groups -OCH3 is 1. The lowest BCUT2D eigenvalue weighted by molar-refractivity contribution is -0.120. The first-order chi connectivity index (χ1) is 12.3. The molecule has 0 saturated heterocycles. The Balaban J connectivity index is 2.04. The highest BCUT2D eigenvalue weighted by Gasteiger charge is 2.17. The second kappa shape index (κ2) is 8.67. The van der Waals surface area contributed by atoms with Gasteiger partial charge in [-0.05, 0) is 19.1 Å². The van der Waals surface area contributed by atoms with Gasteiger partial charge in [0.15, 0.2) is 16.5 Å². The molecule has 1 unspecified atom stereocenters. The van der Waals surface area contributed by atoms with E-state index in [1.54, 1.807) is 19.1 Å². The molecule has 0 fully saturated rings. The Hall–Kier alpha value is -2.60. The molecule has 1 aromatic carbocycles. The minimum Gasteiger partial charge on any atom is -0.504 e. The fourth-order valence-electron chi connectivity index (χ4n) is 1.74. The van der Waals surface area contributed by atoms with Crippen molar-refractivity contribution >= 4 is 39.8 Å². The maximum atomic E-state index is 12.0. The van der Waals surface area contributed by atoms with Gasteiger partial charge in [0, 0.05) is 10.0 Å². The highest BCUT2D eigenvalue weighted by Crippen LogP contribution is 2.32. The monoisotopic (exact) mass is 443 g/mol. The molecule has 0 spiro atoms. The van der Waals surface area contributed by atoms with Gasteiger partial charge >= 0.3 is 5.69 Å². The van der Waals surface area contributed by atoms with Crippen LogP contribution in [0.4, 0.5) is 0 Å². The van der Waals surface area contributed by atoms with Crippen molar-refractivity contribution in [2.45, 2.75) is 17.2 Å². The Morgan fingerprint density at radius 3 is 2.88 bits per heavy atom. The van der Waals surface area contributed by atoms with Crippen LogP contribution in [-0.2, 0) is 4.79 Å². The van der Waals surface area contributed by atoms with E-state index in [-0.39, 0.29) is 16.5 Å². The highest BCUT2D eigenvalue weighted by atomic mass is 79.9.